The number of rotatable bonds is 1. The minimum absolute atomic E-state index is 1.03. The first-order valence-electron chi connectivity index (χ1n) is 2.10. The molecule has 0 radical (unpaired) electrons. The third-order valence-electron chi connectivity index (χ3n) is 0.697. The first kappa shape index (κ1) is 5.94. The van der Waals surface area contributed by atoms with Crippen LogP contribution in [-0.4, -0.2) is 0 Å². The second-order valence-corrected chi connectivity index (χ2v) is 6.93. The monoisotopic (exact) mass is 259 g/mol. The molecule has 5 heavy (non-hydrogen) atoms. The van der Waals surface area contributed by atoms with Gasteiger partial charge in [0.15, 0.2) is 0 Å². The van der Waals surface area contributed by atoms with E-state index < -0.39 is 0 Å². The molecule has 0 N–H and O–H groups in total. The summed E-state index contributed by atoms with van der Waals surface area (Å²) >= 11 is 1.03. The van der Waals surface area contributed by atoms with Crippen molar-refractivity contribution < 1.29 is 26.1 Å². The molecule has 0 amide bonds. The van der Waals surface area contributed by atoms with Gasteiger partial charge < -0.3 is 0 Å². The summed E-state index contributed by atoms with van der Waals surface area (Å²) in [6.45, 7) is 4.56. The number of hydrogen-bond donors (Lipinski definition) is 0. The van der Waals surface area contributed by atoms with Gasteiger partial charge in [0.1, 0.15) is 0 Å². The van der Waals surface area contributed by atoms with Crippen molar-refractivity contribution in [3.05, 3.63) is 0 Å². The molecule has 1 heteroatoms. The molecule has 0 saturated carbocycles. The molecule has 0 aromatic heterocycles. The Morgan fingerprint density at radius 3 is 2.00 bits per heavy atom. The van der Waals surface area contributed by atoms with Crippen LogP contribution >= 0.6 is 0 Å². The van der Waals surface area contributed by atoms with Crippen LogP contribution < -0.4 is 0 Å². The summed E-state index contributed by atoms with van der Waals surface area (Å²) in [7, 11) is 0. The van der Waals surface area contributed by atoms with Crippen molar-refractivity contribution in [1.82, 2.24) is 0 Å². The van der Waals surface area contributed by atoms with Crippen molar-refractivity contribution in [1.29, 1.82) is 0 Å². The fraction of sp³-hybridized carbons (Fsp3) is 1.00. The van der Waals surface area contributed by atoms with Gasteiger partial charge in [-0.2, -0.15) is 0 Å². The Morgan fingerprint density at radius 2 is 2.00 bits per heavy atom. The zero-order valence-corrected chi connectivity index (χ0v) is 9.49. The molecule has 0 aromatic carbocycles. The van der Waals surface area contributed by atoms with Gasteiger partial charge in [-0.25, -0.2) is 0 Å². The molecule has 0 heterocycles. The zero-order chi connectivity index (χ0) is 4.28. The van der Waals surface area contributed by atoms with Gasteiger partial charge in [0.2, 0.25) is 0 Å². The van der Waals surface area contributed by atoms with E-state index in [1.54, 1.807) is 0 Å². The predicted molar refractivity (Wildman–Crippen MR) is 19.7 cm³/mol. The van der Waals surface area contributed by atoms with Crippen molar-refractivity contribution in [2.24, 2.45) is 0 Å². The fourth-order valence-corrected chi connectivity index (χ4v) is 0. The Balaban J connectivity index is 2.54. The first-order chi connectivity index (χ1) is 2.27. The Morgan fingerprint density at radius 1 is 1.80 bits per heavy atom. The molecule has 0 bridgehead atoms. The Kier molecular flexibility index (Phi) is 3.72. The zero-order valence-electron chi connectivity index (χ0n) is 3.99. The standard InChI is InChI=1S/C4H9.Hg/c1-3-4-2;/h3H,4H2,1-2H3;/q;+1. The topological polar surface area (TPSA) is 0 Å². The van der Waals surface area contributed by atoms with Crippen LogP contribution in [0.15, 0.2) is 0 Å². The second kappa shape index (κ2) is 3.14. The van der Waals surface area contributed by atoms with Gasteiger partial charge in [-0.1, -0.05) is 0 Å². The normalized spacial score (nSPS) is 15.2. The molecule has 0 nitrogen and oxygen atoms in total. The first-order valence-corrected chi connectivity index (χ1v) is 5.28. The van der Waals surface area contributed by atoms with Crippen molar-refractivity contribution in [2.75, 3.05) is 0 Å². The van der Waals surface area contributed by atoms with Gasteiger partial charge in [-0.3, -0.25) is 0 Å². The number of hydrogen-bond acceptors (Lipinski definition) is 0. The summed E-state index contributed by atoms with van der Waals surface area (Å²) in [5, 5.41) is 0. The van der Waals surface area contributed by atoms with Crippen molar-refractivity contribution >= 4 is 0 Å². The molecule has 1 atom stereocenters. The van der Waals surface area contributed by atoms with E-state index in [1.165, 1.54) is 6.42 Å². The summed E-state index contributed by atoms with van der Waals surface area (Å²) in [5.74, 6) is 0. The van der Waals surface area contributed by atoms with Gasteiger partial charge in [-0.15, -0.1) is 0 Å². The third-order valence-corrected chi connectivity index (χ3v) is 2.94. The Labute approximate surface area is 49.9 Å². The van der Waals surface area contributed by atoms with Crippen LogP contribution in [0.2, 0.25) is 3.43 Å². The molecule has 0 rings (SSSR count). The predicted octanol–water partition coefficient (Wildman–Crippen LogP) is 1.75. The maximum absolute atomic E-state index is 2.31. The Hall–Kier alpha value is 0.935. The van der Waals surface area contributed by atoms with E-state index >= 15 is 0 Å². The summed E-state index contributed by atoms with van der Waals surface area (Å²) in [6.07, 6.45) is 1.39. The van der Waals surface area contributed by atoms with Crippen molar-refractivity contribution in [3.63, 3.8) is 0 Å². The van der Waals surface area contributed by atoms with Crippen LogP contribution in [0.25, 0.3) is 0 Å². The Bertz CT molecular complexity index is 17.6. The molecule has 1 unspecified atom stereocenters. The van der Waals surface area contributed by atoms with E-state index in [-0.39, 0.29) is 0 Å². The van der Waals surface area contributed by atoms with Crippen molar-refractivity contribution in [3.8, 4) is 0 Å². The van der Waals surface area contributed by atoms with Gasteiger partial charge in [0, 0.05) is 0 Å². The quantitative estimate of drug-likeness (QED) is 0.628. The molecule has 0 aromatic rings. The van der Waals surface area contributed by atoms with E-state index in [9.17, 15) is 0 Å². The van der Waals surface area contributed by atoms with Crippen LogP contribution in [-0.2, 0) is 26.1 Å². The van der Waals surface area contributed by atoms with Gasteiger partial charge in [0.05, 0.1) is 0 Å². The SMILES string of the molecule is CC[CH](C)[Hg+]. The summed E-state index contributed by atoms with van der Waals surface area (Å²) in [6, 6.07) is 0. The second-order valence-electron chi connectivity index (χ2n) is 1.51. The molecule has 0 fully saturated rings. The van der Waals surface area contributed by atoms with Crippen LogP contribution in [0.3, 0.4) is 0 Å². The summed E-state index contributed by atoms with van der Waals surface area (Å²) in [5.41, 5.74) is 0. The third kappa shape index (κ3) is 4.94. The van der Waals surface area contributed by atoms with E-state index in [1.807, 2.05) is 0 Å². The van der Waals surface area contributed by atoms with Gasteiger partial charge >= 0.3 is 49.8 Å². The van der Waals surface area contributed by atoms with Gasteiger partial charge in [0.25, 0.3) is 0 Å². The van der Waals surface area contributed by atoms with Crippen LogP contribution in [0.4, 0.5) is 0 Å². The molecule has 0 aliphatic heterocycles. The molecule has 26 valence electrons. The fourth-order valence-electron chi connectivity index (χ4n) is 0. The average Bonchev–Trinajstić information content (AvgIpc) is 1.38. The van der Waals surface area contributed by atoms with E-state index in [4.69, 9.17) is 0 Å². The molecule has 0 aliphatic rings. The average molecular weight is 258 g/mol. The van der Waals surface area contributed by atoms with E-state index in [2.05, 4.69) is 13.8 Å². The van der Waals surface area contributed by atoms with E-state index in [0.717, 1.165) is 29.5 Å². The van der Waals surface area contributed by atoms with Crippen LogP contribution in [0.1, 0.15) is 20.3 Å². The molecular weight excluding hydrogens is 249 g/mol. The van der Waals surface area contributed by atoms with Crippen LogP contribution in [0, 0.1) is 0 Å². The molecule has 0 aliphatic carbocycles. The molecule has 0 saturated heterocycles. The minimum atomic E-state index is 1.03. The van der Waals surface area contributed by atoms with E-state index in [0.29, 0.717) is 0 Å². The van der Waals surface area contributed by atoms with Crippen LogP contribution in [0.5, 0.6) is 0 Å². The molecule has 0 spiro atoms. The van der Waals surface area contributed by atoms with Gasteiger partial charge in [-0.05, 0) is 0 Å². The summed E-state index contributed by atoms with van der Waals surface area (Å²) < 4.78 is 1.08. The summed E-state index contributed by atoms with van der Waals surface area (Å²) in [4.78, 5) is 0. The maximum atomic E-state index is 2.31. The molecular formula is C4H9Hg+. The van der Waals surface area contributed by atoms with Crippen molar-refractivity contribution in [2.45, 2.75) is 23.7 Å².